The number of ether oxygens (including phenoxy) is 2. The molecule has 0 bridgehead atoms. The van der Waals surface area contributed by atoms with Crippen LogP contribution in [0.1, 0.15) is 21.8 Å². The van der Waals surface area contributed by atoms with Gasteiger partial charge < -0.3 is 18.8 Å². The lowest BCUT2D eigenvalue weighted by molar-refractivity contribution is 0.0626. The summed E-state index contributed by atoms with van der Waals surface area (Å²) in [4.78, 5) is 21.8. The summed E-state index contributed by atoms with van der Waals surface area (Å²) in [5, 5.41) is 0. The Morgan fingerprint density at radius 3 is 2.39 bits per heavy atom. The number of oxazole rings is 1. The molecular formula is C24H27N3O4. The highest BCUT2D eigenvalue weighted by atomic mass is 16.5. The third-order valence-electron chi connectivity index (χ3n) is 5.58. The minimum atomic E-state index is 0.00424. The fourth-order valence-electron chi connectivity index (χ4n) is 3.75. The average molecular weight is 421 g/mol. The Kier molecular flexibility index (Phi) is 6.23. The fourth-order valence-corrected chi connectivity index (χ4v) is 3.75. The molecule has 1 aliphatic rings. The quantitative estimate of drug-likeness (QED) is 0.606. The van der Waals surface area contributed by atoms with Gasteiger partial charge in [0.05, 0.1) is 19.9 Å². The van der Waals surface area contributed by atoms with Crippen LogP contribution in [0.25, 0.3) is 11.5 Å². The van der Waals surface area contributed by atoms with E-state index in [-0.39, 0.29) is 5.91 Å². The third-order valence-corrected chi connectivity index (χ3v) is 5.58. The monoisotopic (exact) mass is 421 g/mol. The van der Waals surface area contributed by atoms with Crippen molar-refractivity contribution in [1.82, 2.24) is 14.8 Å². The maximum absolute atomic E-state index is 12.9. The van der Waals surface area contributed by atoms with E-state index in [4.69, 9.17) is 18.9 Å². The fraction of sp³-hybridized carbons (Fsp3) is 0.333. The molecule has 0 radical (unpaired) electrons. The van der Waals surface area contributed by atoms with Crippen molar-refractivity contribution in [3.05, 3.63) is 65.5 Å². The Balaban J connectivity index is 1.37. The molecule has 7 heteroatoms. The van der Waals surface area contributed by atoms with E-state index in [2.05, 4.69) is 4.90 Å². The van der Waals surface area contributed by atoms with Gasteiger partial charge in [-0.2, -0.15) is 0 Å². The molecule has 0 atom stereocenters. The summed E-state index contributed by atoms with van der Waals surface area (Å²) in [7, 11) is 3.15. The second-order valence-electron chi connectivity index (χ2n) is 7.53. The third kappa shape index (κ3) is 4.56. The van der Waals surface area contributed by atoms with Crippen molar-refractivity contribution in [1.29, 1.82) is 0 Å². The lowest BCUT2D eigenvalue weighted by atomic mass is 10.1. The summed E-state index contributed by atoms with van der Waals surface area (Å²) < 4.78 is 16.5. The predicted octanol–water partition coefficient (Wildman–Crippen LogP) is 3.63. The summed E-state index contributed by atoms with van der Waals surface area (Å²) in [6.45, 7) is 5.55. The molecule has 3 aromatic rings. The number of amides is 1. The molecule has 2 heterocycles. The molecule has 0 N–H and O–H groups in total. The summed E-state index contributed by atoms with van der Waals surface area (Å²) in [5.74, 6) is 2.66. The molecule has 0 saturated carbocycles. The van der Waals surface area contributed by atoms with Crippen LogP contribution in [-0.2, 0) is 6.54 Å². The van der Waals surface area contributed by atoms with Gasteiger partial charge in [0, 0.05) is 43.9 Å². The molecule has 2 aromatic carbocycles. The Bertz CT molecular complexity index is 1040. The first kappa shape index (κ1) is 20.9. The molecule has 0 spiro atoms. The number of hydrogen-bond acceptors (Lipinski definition) is 6. The van der Waals surface area contributed by atoms with Gasteiger partial charge in [0.1, 0.15) is 5.76 Å². The van der Waals surface area contributed by atoms with E-state index in [1.807, 2.05) is 42.2 Å². The van der Waals surface area contributed by atoms with Gasteiger partial charge in [-0.3, -0.25) is 9.69 Å². The van der Waals surface area contributed by atoms with E-state index in [1.54, 1.807) is 32.4 Å². The second-order valence-corrected chi connectivity index (χ2v) is 7.53. The van der Waals surface area contributed by atoms with Crippen molar-refractivity contribution in [2.45, 2.75) is 13.5 Å². The van der Waals surface area contributed by atoms with Crippen molar-refractivity contribution >= 4 is 5.91 Å². The zero-order valence-electron chi connectivity index (χ0n) is 18.1. The number of nitrogens with zero attached hydrogens (tertiary/aromatic N) is 3. The molecule has 4 rings (SSSR count). The van der Waals surface area contributed by atoms with Gasteiger partial charge >= 0.3 is 0 Å². The maximum Gasteiger partial charge on any atom is 0.254 e. The van der Waals surface area contributed by atoms with Crippen LogP contribution in [0.3, 0.4) is 0 Å². The predicted molar refractivity (Wildman–Crippen MR) is 117 cm³/mol. The van der Waals surface area contributed by atoms with E-state index in [9.17, 15) is 4.79 Å². The number of aryl methyl sites for hydroxylation is 1. The summed E-state index contributed by atoms with van der Waals surface area (Å²) in [6, 6.07) is 15.2. The van der Waals surface area contributed by atoms with Gasteiger partial charge in [-0.05, 0) is 37.3 Å². The average Bonchev–Trinajstić information content (AvgIpc) is 3.19. The molecule has 162 valence electrons. The summed E-state index contributed by atoms with van der Waals surface area (Å²) in [5.41, 5.74) is 2.52. The highest BCUT2D eigenvalue weighted by Gasteiger charge is 2.24. The number of benzene rings is 2. The van der Waals surface area contributed by atoms with E-state index < -0.39 is 0 Å². The molecule has 7 nitrogen and oxygen atoms in total. The van der Waals surface area contributed by atoms with Gasteiger partial charge in [0.2, 0.25) is 5.89 Å². The van der Waals surface area contributed by atoms with Crippen LogP contribution in [0.4, 0.5) is 0 Å². The van der Waals surface area contributed by atoms with E-state index in [0.717, 1.165) is 30.1 Å². The number of carbonyl (C=O) groups is 1. The van der Waals surface area contributed by atoms with Crippen LogP contribution in [0.5, 0.6) is 11.5 Å². The first-order valence-electron chi connectivity index (χ1n) is 10.3. The molecule has 1 aliphatic heterocycles. The SMILES string of the molecule is COc1ccc(C(=O)N2CCN(Cc3nc(-c4ccccc4)oc3C)CC2)cc1OC. The maximum atomic E-state index is 12.9. The van der Waals surface area contributed by atoms with Crippen molar-refractivity contribution < 1.29 is 18.7 Å². The Labute approximate surface area is 182 Å². The van der Waals surface area contributed by atoms with Gasteiger partial charge in [-0.15, -0.1) is 0 Å². The Morgan fingerprint density at radius 2 is 1.71 bits per heavy atom. The molecule has 0 unspecified atom stereocenters. The number of hydrogen-bond donors (Lipinski definition) is 0. The topological polar surface area (TPSA) is 68.0 Å². The standard InChI is InChI=1S/C24H27N3O4/c1-17-20(25-23(31-17)18-7-5-4-6-8-18)16-26-11-13-27(14-12-26)24(28)19-9-10-21(29-2)22(15-19)30-3/h4-10,15H,11-14,16H2,1-3H3. The molecule has 1 amide bonds. The van der Waals surface area contributed by atoms with Crippen LogP contribution < -0.4 is 9.47 Å². The number of piperazine rings is 1. The van der Waals surface area contributed by atoms with Gasteiger partial charge in [-0.25, -0.2) is 4.98 Å². The highest BCUT2D eigenvalue weighted by molar-refractivity contribution is 5.95. The van der Waals surface area contributed by atoms with Gasteiger partial charge in [0.15, 0.2) is 11.5 Å². The smallest absolute Gasteiger partial charge is 0.254 e. The summed E-state index contributed by atoms with van der Waals surface area (Å²) >= 11 is 0. The van der Waals surface area contributed by atoms with E-state index >= 15 is 0 Å². The lowest BCUT2D eigenvalue weighted by Crippen LogP contribution is -2.48. The molecule has 1 aromatic heterocycles. The largest absolute Gasteiger partial charge is 0.493 e. The number of rotatable bonds is 6. The van der Waals surface area contributed by atoms with Crippen LogP contribution in [0, 0.1) is 6.92 Å². The normalized spacial score (nSPS) is 14.5. The molecule has 1 saturated heterocycles. The van der Waals surface area contributed by atoms with Crippen molar-refractivity contribution in [3.63, 3.8) is 0 Å². The van der Waals surface area contributed by atoms with Crippen LogP contribution in [0.15, 0.2) is 52.9 Å². The first-order valence-corrected chi connectivity index (χ1v) is 10.3. The van der Waals surface area contributed by atoms with Crippen LogP contribution in [0.2, 0.25) is 0 Å². The second kappa shape index (κ2) is 9.22. The van der Waals surface area contributed by atoms with Gasteiger partial charge in [-0.1, -0.05) is 18.2 Å². The minimum absolute atomic E-state index is 0.00424. The lowest BCUT2D eigenvalue weighted by Gasteiger charge is -2.34. The molecule has 1 fully saturated rings. The van der Waals surface area contributed by atoms with Crippen LogP contribution in [-0.4, -0.2) is 61.1 Å². The Hall–Kier alpha value is -3.32. The zero-order valence-corrected chi connectivity index (χ0v) is 18.1. The van der Waals surface area contributed by atoms with Gasteiger partial charge in [0.25, 0.3) is 5.91 Å². The highest BCUT2D eigenvalue weighted by Crippen LogP contribution is 2.28. The van der Waals surface area contributed by atoms with Crippen molar-refractivity contribution in [3.8, 4) is 23.0 Å². The minimum Gasteiger partial charge on any atom is -0.493 e. The first-order chi connectivity index (χ1) is 15.1. The van der Waals surface area contributed by atoms with Crippen molar-refractivity contribution in [2.75, 3.05) is 40.4 Å². The van der Waals surface area contributed by atoms with Crippen molar-refractivity contribution in [2.24, 2.45) is 0 Å². The zero-order chi connectivity index (χ0) is 21.8. The van der Waals surface area contributed by atoms with E-state index in [1.165, 1.54) is 0 Å². The molecule has 31 heavy (non-hydrogen) atoms. The summed E-state index contributed by atoms with van der Waals surface area (Å²) in [6.07, 6.45) is 0. The number of methoxy groups -OCH3 is 2. The molecule has 0 aliphatic carbocycles. The molecular weight excluding hydrogens is 394 g/mol. The van der Waals surface area contributed by atoms with Crippen LogP contribution >= 0.6 is 0 Å². The number of carbonyl (C=O) groups excluding carboxylic acids is 1. The number of aromatic nitrogens is 1. The van der Waals surface area contributed by atoms with E-state index in [0.29, 0.717) is 42.6 Å². The Morgan fingerprint density at radius 1 is 1.00 bits per heavy atom.